The van der Waals surface area contributed by atoms with Crippen LogP contribution in [0.25, 0.3) is 22.3 Å². The van der Waals surface area contributed by atoms with Crippen LogP contribution < -0.4 is 17.0 Å². The van der Waals surface area contributed by atoms with E-state index in [1.165, 1.54) is 28.1 Å². The first-order valence-electron chi connectivity index (χ1n) is 12.7. The fourth-order valence-electron chi connectivity index (χ4n) is 5.04. The summed E-state index contributed by atoms with van der Waals surface area (Å²) in [4.78, 5) is 34.7. The number of aromatic nitrogens is 8. The Hall–Kier alpha value is -2.65. The van der Waals surface area contributed by atoms with Gasteiger partial charge in [0.25, 0.3) is 5.56 Å². The first kappa shape index (κ1) is 31.3. The van der Waals surface area contributed by atoms with Crippen LogP contribution in [0.2, 0.25) is 0 Å². The van der Waals surface area contributed by atoms with Crippen molar-refractivity contribution in [2.75, 3.05) is 24.7 Å². The van der Waals surface area contributed by atoms with Gasteiger partial charge in [0, 0.05) is 6.42 Å². The predicted octanol–water partition coefficient (Wildman–Crippen LogP) is 0.784. The molecule has 9 atom stereocenters. The Kier molecular flexibility index (Phi) is 8.74. The third-order valence-corrected chi connectivity index (χ3v) is 9.34. The lowest BCUT2D eigenvalue weighted by molar-refractivity contribution is -0.0515. The van der Waals surface area contributed by atoms with Gasteiger partial charge in [0.1, 0.15) is 30.2 Å². The number of fused-ring (bicyclic) bond motifs is 2. The van der Waals surface area contributed by atoms with E-state index in [0.717, 1.165) is 0 Å². The number of nitrogens with zero attached hydrogens (tertiary/aromatic N) is 7. The quantitative estimate of drug-likeness (QED) is 0.0990. The van der Waals surface area contributed by atoms with E-state index in [1.807, 2.05) is 0 Å². The maximum Gasteiger partial charge on any atom is 0.386 e. The lowest BCUT2D eigenvalue weighted by Gasteiger charge is -2.24. The normalized spacial score (nSPS) is 29.4. The summed E-state index contributed by atoms with van der Waals surface area (Å²) in [5.74, 6) is -0.112. The molecule has 0 spiro atoms. The molecule has 6 heterocycles. The Morgan fingerprint density at radius 1 is 1.16 bits per heavy atom. The van der Waals surface area contributed by atoms with Gasteiger partial charge in [0.15, 0.2) is 41.3 Å². The molecular weight excluding hydrogens is 669 g/mol. The van der Waals surface area contributed by atoms with Crippen molar-refractivity contribution in [3.05, 3.63) is 29.3 Å². The molecule has 44 heavy (non-hydrogen) atoms. The number of aliphatic hydroxyl groups excluding tert-OH is 1. The van der Waals surface area contributed by atoms with Gasteiger partial charge in [0.05, 0.1) is 32.0 Å². The molecule has 2 aliphatic heterocycles. The summed E-state index contributed by atoms with van der Waals surface area (Å²) in [7, 11) is -2.97. The predicted molar refractivity (Wildman–Crippen MR) is 157 cm³/mol. The molecule has 4 aromatic rings. The van der Waals surface area contributed by atoms with Gasteiger partial charge in [-0.25, -0.2) is 28.9 Å². The molecule has 0 amide bonds. The number of imidazole rings is 2. The lowest BCUT2D eigenvalue weighted by Crippen LogP contribution is -2.32. The molecule has 2 unspecified atom stereocenters. The number of anilines is 2. The summed E-state index contributed by atoms with van der Waals surface area (Å²) in [5.41, 5.74) is 11.3. The summed E-state index contributed by atoms with van der Waals surface area (Å²) in [6, 6.07) is 0. The molecule has 2 saturated heterocycles. The molecule has 2 fully saturated rings. The minimum Gasteiger partial charge on any atom is -0.394 e. The van der Waals surface area contributed by atoms with Gasteiger partial charge in [0.2, 0.25) is 13.2 Å². The van der Waals surface area contributed by atoms with Gasteiger partial charge in [-0.15, -0.1) is 0 Å². The molecule has 0 aliphatic carbocycles. The maximum atomic E-state index is 15.7. The van der Waals surface area contributed by atoms with E-state index < -0.39 is 75.8 Å². The Balaban J connectivity index is 1.20. The lowest BCUT2D eigenvalue weighted by atomic mass is 10.1. The SMILES string of the molecule is Nc1nc2c(ncn2[C@@H]2O[C@H](CO)C[C@@H]2O[P@](=O)(S)OC[C@H]2O[C@@H](n3cnc4c(N)ncnc43)C(F)[C@@H]2O[PH](=O)S)c(=O)[nH]1. The number of aliphatic hydroxyl groups is 1. The average Bonchev–Trinajstić information content (AvgIpc) is 3.73. The highest BCUT2D eigenvalue weighted by Crippen LogP contribution is 2.57. The van der Waals surface area contributed by atoms with Crippen molar-refractivity contribution in [3.8, 4) is 0 Å². The number of nitrogens with one attached hydrogen (secondary N) is 1. The van der Waals surface area contributed by atoms with Crippen LogP contribution in [0.4, 0.5) is 16.2 Å². The van der Waals surface area contributed by atoms with E-state index in [-0.39, 0.29) is 40.5 Å². The van der Waals surface area contributed by atoms with Crippen LogP contribution in [-0.4, -0.2) is 87.9 Å². The maximum absolute atomic E-state index is 15.7. The van der Waals surface area contributed by atoms with Crippen LogP contribution in [-0.2, 0) is 32.2 Å². The van der Waals surface area contributed by atoms with Gasteiger partial charge >= 0.3 is 6.80 Å². The molecule has 0 radical (unpaired) electrons. The Morgan fingerprint density at radius 3 is 2.61 bits per heavy atom. The van der Waals surface area contributed by atoms with E-state index in [4.69, 9.17) is 34.5 Å². The molecular formula is C20H25FN10O9P2S2. The number of rotatable bonds is 10. The second-order valence-electron chi connectivity index (χ2n) is 9.69. The van der Waals surface area contributed by atoms with Crippen molar-refractivity contribution in [3.63, 3.8) is 0 Å². The van der Waals surface area contributed by atoms with E-state index in [9.17, 15) is 19.0 Å². The van der Waals surface area contributed by atoms with Crippen molar-refractivity contribution < 1.29 is 41.7 Å². The number of nitrogens with two attached hydrogens (primary N) is 2. The number of ether oxygens (including phenoxy) is 2. The van der Waals surface area contributed by atoms with Crippen LogP contribution in [0.5, 0.6) is 0 Å². The number of nitrogen functional groups attached to an aromatic ring is 2. The molecule has 24 heteroatoms. The summed E-state index contributed by atoms with van der Waals surface area (Å²) < 4.78 is 71.7. The zero-order valence-electron chi connectivity index (χ0n) is 22.1. The molecule has 4 aromatic heterocycles. The molecule has 238 valence electrons. The van der Waals surface area contributed by atoms with Crippen LogP contribution in [0.1, 0.15) is 18.9 Å². The second-order valence-corrected chi connectivity index (χ2v) is 14.4. The molecule has 6 N–H and O–H groups in total. The van der Waals surface area contributed by atoms with Crippen molar-refractivity contribution >= 4 is 72.6 Å². The van der Waals surface area contributed by atoms with Gasteiger partial charge in [-0.05, 0) is 0 Å². The van der Waals surface area contributed by atoms with Crippen molar-refractivity contribution in [1.29, 1.82) is 0 Å². The Morgan fingerprint density at radius 2 is 1.89 bits per heavy atom. The number of alkyl halides is 1. The van der Waals surface area contributed by atoms with E-state index in [1.54, 1.807) is 0 Å². The topological polar surface area (TPSA) is 260 Å². The number of aromatic amines is 1. The van der Waals surface area contributed by atoms with Gasteiger partial charge in [-0.1, -0.05) is 24.5 Å². The van der Waals surface area contributed by atoms with Crippen LogP contribution in [0.3, 0.4) is 0 Å². The first-order chi connectivity index (χ1) is 21.0. The van der Waals surface area contributed by atoms with E-state index in [0.29, 0.717) is 0 Å². The molecule has 2 aliphatic rings. The summed E-state index contributed by atoms with van der Waals surface area (Å²) in [5, 5.41) is 9.72. The van der Waals surface area contributed by atoms with E-state index >= 15 is 4.39 Å². The molecule has 0 saturated carbocycles. The molecule has 0 bridgehead atoms. The zero-order chi connectivity index (χ0) is 31.3. The minimum absolute atomic E-state index is 0.0357. The Bertz CT molecular complexity index is 1830. The van der Waals surface area contributed by atoms with Crippen LogP contribution >= 0.6 is 38.5 Å². The summed E-state index contributed by atoms with van der Waals surface area (Å²) in [6.07, 6.45) is -5.21. The second kappa shape index (κ2) is 12.3. The molecule has 19 nitrogen and oxygen atoms in total. The van der Waals surface area contributed by atoms with Crippen LogP contribution in [0, 0.1) is 0 Å². The number of thiol groups is 2. The zero-order valence-corrected chi connectivity index (χ0v) is 25.8. The van der Waals surface area contributed by atoms with Gasteiger partial charge in [-0.3, -0.25) is 32.5 Å². The van der Waals surface area contributed by atoms with Gasteiger partial charge in [-0.2, -0.15) is 4.98 Å². The third kappa shape index (κ3) is 5.98. The van der Waals surface area contributed by atoms with Crippen molar-refractivity contribution in [2.45, 2.75) is 49.5 Å². The highest BCUT2D eigenvalue weighted by molar-refractivity contribution is 8.44. The minimum atomic E-state index is -4.27. The smallest absolute Gasteiger partial charge is 0.386 e. The summed E-state index contributed by atoms with van der Waals surface area (Å²) >= 11 is 7.84. The Labute approximate surface area is 256 Å². The van der Waals surface area contributed by atoms with Crippen molar-refractivity contribution in [2.24, 2.45) is 0 Å². The largest absolute Gasteiger partial charge is 0.394 e. The number of hydrogen-bond donors (Lipinski definition) is 6. The number of halogens is 1. The van der Waals surface area contributed by atoms with E-state index in [2.05, 4.69) is 54.4 Å². The molecule has 6 rings (SSSR count). The van der Waals surface area contributed by atoms with Crippen LogP contribution in [0.15, 0.2) is 23.8 Å². The fourth-order valence-corrected chi connectivity index (χ4v) is 7.41. The first-order valence-corrected chi connectivity index (χ1v) is 18.0. The number of H-pyrrole nitrogens is 1. The highest BCUT2D eigenvalue weighted by atomic mass is 32.7. The third-order valence-electron chi connectivity index (χ3n) is 6.91. The molecule has 0 aromatic carbocycles. The fraction of sp³-hybridized carbons (Fsp3) is 0.500. The standard InChI is InChI=1S/C20H25FN10O9P2S2/c21-10-13(39-41(34)43)9(38-19(10)30-5-26-11-14(22)24-4-25-15(11)30)3-36-42(35,44)40-8-1-7(2-32)37-18(8)31-6-27-12-16(31)28-20(23)29-17(12)33/h4-10,13,18-19,32,41H,1-3H2,(H,34,43)(H,35,44)(H2,22,24,25)(H3,23,28,29,33)/t7-,8-,9+,10?,13+,18+,19+,42+/m0/s1. The van der Waals surface area contributed by atoms with Crippen molar-refractivity contribution in [1.82, 2.24) is 39.0 Å². The van der Waals surface area contributed by atoms with Gasteiger partial charge < -0.3 is 30.6 Å². The average molecular weight is 695 g/mol. The highest BCUT2D eigenvalue weighted by Gasteiger charge is 2.49. The monoisotopic (exact) mass is 694 g/mol. The summed E-state index contributed by atoms with van der Waals surface area (Å²) in [6.45, 7) is -5.27. The number of hydrogen-bond acceptors (Lipinski definition) is 16.